The second-order valence-corrected chi connectivity index (χ2v) is 9.95. The summed E-state index contributed by atoms with van der Waals surface area (Å²) in [6, 6.07) is 15.6. The zero-order valence-electron chi connectivity index (χ0n) is 22.0. The molecule has 2 N–H and O–H groups in total. The number of hydrogen-bond acceptors (Lipinski definition) is 8. The molecule has 0 spiro atoms. The van der Waals surface area contributed by atoms with E-state index < -0.39 is 0 Å². The van der Waals surface area contributed by atoms with Crippen molar-refractivity contribution in [2.24, 2.45) is 9.98 Å². The van der Waals surface area contributed by atoms with E-state index in [0.717, 1.165) is 71.2 Å². The summed E-state index contributed by atoms with van der Waals surface area (Å²) < 4.78 is 11.3. The van der Waals surface area contributed by atoms with E-state index in [0.29, 0.717) is 32.9 Å². The number of halogens is 2. The number of amidine groups is 2. The second-order valence-electron chi connectivity index (χ2n) is 9.20. The molecule has 0 aliphatic carbocycles. The quantitative estimate of drug-likeness (QED) is 0.303. The summed E-state index contributed by atoms with van der Waals surface area (Å²) >= 11 is 14.1. The molecule has 0 saturated carbocycles. The number of ether oxygens (including phenoxy) is 2. The average molecular weight is 573 g/mol. The Morgan fingerprint density at radius 2 is 1.07 bits per heavy atom. The average Bonchev–Trinajstić information content (AvgIpc) is 3.72. The fraction of sp³-hybridized carbons (Fsp3) is 0.200. The lowest BCUT2D eigenvalue weighted by Crippen LogP contribution is -2.21. The van der Waals surface area contributed by atoms with Crippen molar-refractivity contribution in [1.82, 2.24) is 20.6 Å². The van der Waals surface area contributed by atoms with Gasteiger partial charge in [0.1, 0.15) is 22.9 Å². The molecule has 2 aliphatic heterocycles. The maximum atomic E-state index is 7.04. The molecule has 8 nitrogen and oxygen atoms in total. The minimum absolute atomic E-state index is 0.561. The van der Waals surface area contributed by atoms with E-state index in [9.17, 15) is 0 Å². The highest BCUT2D eigenvalue weighted by molar-refractivity contribution is 6.39. The summed E-state index contributed by atoms with van der Waals surface area (Å²) in [7, 11) is 3.24. The molecule has 10 heteroatoms. The number of aromatic nitrogens is 2. The maximum Gasteiger partial charge on any atom is 0.151 e. The summed E-state index contributed by atoms with van der Waals surface area (Å²) in [6.45, 7) is 3.01. The van der Waals surface area contributed by atoms with E-state index in [4.69, 9.17) is 32.7 Å². The molecule has 202 valence electrons. The minimum atomic E-state index is 0.561. The highest BCUT2D eigenvalue weighted by Gasteiger charge is 2.21. The van der Waals surface area contributed by atoms with E-state index in [1.54, 1.807) is 26.6 Å². The van der Waals surface area contributed by atoms with Gasteiger partial charge in [-0.1, -0.05) is 59.6 Å². The molecule has 4 aromatic rings. The molecular formula is C30H26Cl2N6O2. The van der Waals surface area contributed by atoms with Gasteiger partial charge in [0.05, 0.1) is 37.4 Å². The fourth-order valence-corrected chi connectivity index (χ4v) is 5.56. The Morgan fingerprint density at radius 1 is 0.650 bits per heavy atom. The molecule has 0 bridgehead atoms. The van der Waals surface area contributed by atoms with Gasteiger partial charge in [-0.25, -0.2) is 9.97 Å². The molecule has 2 aromatic carbocycles. The van der Waals surface area contributed by atoms with Crippen molar-refractivity contribution in [1.29, 1.82) is 0 Å². The van der Waals surface area contributed by atoms with Crippen molar-refractivity contribution in [2.45, 2.75) is 0 Å². The first-order valence-corrected chi connectivity index (χ1v) is 13.6. The number of pyridine rings is 2. The summed E-state index contributed by atoms with van der Waals surface area (Å²) in [5.41, 5.74) is 6.25. The highest BCUT2D eigenvalue weighted by Crippen LogP contribution is 2.43. The third-order valence-electron chi connectivity index (χ3n) is 6.85. The first kappa shape index (κ1) is 26.1. The number of benzene rings is 2. The molecule has 40 heavy (non-hydrogen) atoms. The van der Waals surface area contributed by atoms with Crippen LogP contribution in [0.25, 0.3) is 33.4 Å². The van der Waals surface area contributed by atoms with Crippen molar-refractivity contribution in [3.63, 3.8) is 0 Å². The van der Waals surface area contributed by atoms with Crippen LogP contribution < -0.4 is 20.1 Å². The predicted molar refractivity (Wildman–Crippen MR) is 160 cm³/mol. The third kappa shape index (κ3) is 4.74. The molecule has 2 aliphatic rings. The predicted octanol–water partition coefficient (Wildman–Crippen LogP) is 5.50. The van der Waals surface area contributed by atoms with Crippen molar-refractivity contribution in [3.05, 3.63) is 82.4 Å². The molecule has 0 saturated heterocycles. The van der Waals surface area contributed by atoms with Crippen molar-refractivity contribution >= 4 is 34.9 Å². The minimum Gasteiger partial charge on any atom is -0.494 e. The van der Waals surface area contributed by atoms with Crippen molar-refractivity contribution in [3.8, 4) is 44.9 Å². The smallest absolute Gasteiger partial charge is 0.151 e. The molecule has 2 aromatic heterocycles. The highest BCUT2D eigenvalue weighted by atomic mass is 35.5. The fourth-order valence-electron chi connectivity index (χ4n) is 4.89. The maximum absolute atomic E-state index is 7.04. The lowest BCUT2D eigenvalue weighted by Gasteiger charge is -2.16. The number of rotatable bonds is 7. The van der Waals surface area contributed by atoms with Crippen molar-refractivity contribution in [2.75, 3.05) is 40.4 Å². The van der Waals surface area contributed by atoms with Gasteiger partial charge in [0.15, 0.2) is 11.7 Å². The van der Waals surface area contributed by atoms with Crippen LogP contribution >= 0.6 is 23.2 Å². The first-order valence-electron chi connectivity index (χ1n) is 12.8. The van der Waals surface area contributed by atoms with Crippen LogP contribution in [0.4, 0.5) is 0 Å². The Morgan fingerprint density at radius 3 is 1.45 bits per heavy atom. The number of aliphatic imine (C=N–C) groups is 2. The Bertz CT molecular complexity index is 1550. The summed E-state index contributed by atoms with van der Waals surface area (Å²) in [5.74, 6) is 2.71. The van der Waals surface area contributed by atoms with Gasteiger partial charge in [-0.05, 0) is 12.1 Å². The standard InChI is InChI=1S/C30H26Cl2N6O2/c1-39-23-13-17(15-37-27(23)29-33-9-10-34-29)19-5-3-7-21(25(19)31)22-8-4-6-20(26(22)32)18-14-24(40-2)28(38-16-18)30-35-11-12-36-30/h3-8,13-16H,9-12H2,1-2H3,(H,33,34)(H,35,36). The van der Waals surface area contributed by atoms with Gasteiger partial charge in [0.25, 0.3) is 0 Å². The number of hydrogen-bond donors (Lipinski definition) is 2. The third-order valence-corrected chi connectivity index (χ3v) is 7.67. The van der Waals surface area contributed by atoms with Crippen LogP contribution in [0.2, 0.25) is 10.0 Å². The topological polar surface area (TPSA) is 93.0 Å². The van der Waals surface area contributed by atoms with Gasteiger partial charge < -0.3 is 20.1 Å². The van der Waals surface area contributed by atoms with Gasteiger partial charge in [-0.15, -0.1) is 0 Å². The van der Waals surface area contributed by atoms with Gasteiger partial charge >= 0.3 is 0 Å². The van der Waals surface area contributed by atoms with Crippen LogP contribution in [-0.2, 0) is 0 Å². The summed E-state index contributed by atoms with van der Waals surface area (Å²) in [4.78, 5) is 18.2. The van der Waals surface area contributed by atoms with E-state index in [-0.39, 0.29) is 0 Å². The van der Waals surface area contributed by atoms with Crippen molar-refractivity contribution < 1.29 is 9.47 Å². The first-order chi connectivity index (χ1) is 19.6. The molecular weight excluding hydrogens is 547 g/mol. The molecule has 0 amide bonds. The van der Waals surface area contributed by atoms with Crippen LogP contribution in [0.3, 0.4) is 0 Å². The molecule has 0 radical (unpaired) electrons. The van der Waals surface area contributed by atoms with Crippen LogP contribution in [-0.4, -0.2) is 62.0 Å². The van der Waals surface area contributed by atoms with Gasteiger partial charge in [0.2, 0.25) is 0 Å². The lowest BCUT2D eigenvalue weighted by atomic mass is 9.96. The molecule has 0 fully saturated rings. The van der Waals surface area contributed by atoms with E-state index >= 15 is 0 Å². The zero-order chi connectivity index (χ0) is 27.6. The van der Waals surface area contributed by atoms with Crippen LogP contribution in [0.15, 0.2) is 70.9 Å². The number of methoxy groups -OCH3 is 2. The summed E-state index contributed by atoms with van der Waals surface area (Å²) in [6.07, 6.45) is 3.57. The van der Waals surface area contributed by atoms with Gasteiger partial charge in [0, 0.05) is 58.9 Å². The molecule has 0 unspecified atom stereocenters. The second kappa shape index (κ2) is 11.2. The van der Waals surface area contributed by atoms with Crippen LogP contribution in [0.5, 0.6) is 11.5 Å². The Balaban J connectivity index is 1.39. The lowest BCUT2D eigenvalue weighted by molar-refractivity contribution is 0.412. The Hall–Kier alpha value is -4.14. The van der Waals surface area contributed by atoms with E-state index in [1.807, 2.05) is 48.5 Å². The van der Waals surface area contributed by atoms with Crippen LogP contribution in [0.1, 0.15) is 11.4 Å². The Labute approximate surface area is 242 Å². The largest absolute Gasteiger partial charge is 0.494 e. The monoisotopic (exact) mass is 572 g/mol. The summed E-state index contributed by atoms with van der Waals surface area (Å²) in [5, 5.41) is 7.61. The number of nitrogens with one attached hydrogen (secondary N) is 2. The van der Waals surface area contributed by atoms with Crippen LogP contribution in [0, 0.1) is 0 Å². The normalized spacial score (nSPS) is 14.3. The SMILES string of the molecule is COc1cc(-c2cccc(-c3cccc(-c4cnc(C5=NCCN5)c(OC)c4)c3Cl)c2Cl)cnc1C1=NCCN1. The molecule has 0 atom stereocenters. The zero-order valence-corrected chi connectivity index (χ0v) is 23.5. The van der Waals surface area contributed by atoms with E-state index in [1.165, 1.54) is 0 Å². The van der Waals surface area contributed by atoms with Gasteiger partial charge in [-0.2, -0.15) is 0 Å². The Kier molecular flexibility index (Phi) is 7.28. The van der Waals surface area contributed by atoms with Gasteiger partial charge in [-0.3, -0.25) is 9.98 Å². The molecule has 4 heterocycles. The number of nitrogens with zero attached hydrogens (tertiary/aromatic N) is 4. The molecule has 6 rings (SSSR count). The van der Waals surface area contributed by atoms with E-state index in [2.05, 4.69) is 30.6 Å².